The van der Waals surface area contributed by atoms with Gasteiger partial charge in [-0.1, -0.05) is 23.4 Å². The maximum atomic E-state index is 14.0. The topological polar surface area (TPSA) is 113 Å². The van der Waals surface area contributed by atoms with Crippen LogP contribution in [0.25, 0.3) is 28.1 Å². The molecule has 1 aliphatic heterocycles. The van der Waals surface area contributed by atoms with Crippen LogP contribution in [0.4, 0.5) is 4.39 Å². The summed E-state index contributed by atoms with van der Waals surface area (Å²) in [5.41, 5.74) is 6.04. The second-order valence-electron chi connectivity index (χ2n) is 10.4. The molecule has 4 aromatic heterocycles. The van der Waals surface area contributed by atoms with Crippen LogP contribution in [-0.4, -0.2) is 72.4 Å². The van der Waals surface area contributed by atoms with Gasteiger partial charge in [0.05, 0.1) is 23.7 Å². The fourth-order valence-corrected chi connectivity index (χ4v) is 5.49. The lowest BCUT2D eigenvalue weighted by Crippen LogP contribution is -2.24. The summed E-state index contributed by atoms with van der Waals surface area (Å²) >= 11 is 0. The zero-order valence-electron chi connectivity index (χ0n) is 23.6. The van der Waals surface area contributed by atoms with E-state index in [1.807, 2.05) is 48.0 Å². The first kappa shape index (κ1) is 27.8. The maximum absolute atomic E-state index is 14.0. The van der Waals surface area contributed by atoms with Crippen LogP contribution in [0.5, 0.6) is 0 Å². The molecular formula is C30H31FN8O3. The minimum atomic E-state index is -0.583. The highest BCUT2D eigenvalue weighted by atomic mass is 19.1. The third kappa shape index (κ3) is 5.56. The maximum Gasteiger partial charge on any atom is 0.213 e. The van der Waals surface area contributed by atoms with Gasteiger partial charge in [-0.3, -0.25) is 9.63 Å². The first-order valence-corrected chi connectivity index (χ1v) is 13.7. The molecule has 0 spiro atoms. The molecule has 0 aliphatic carbocycles. The van der Waals surface area contributed by atoms with Crippen molar-refractivity contribution >= 4 is 16.9 Å². The number of carbonyl (C=O) groups is 1. The molecule has 12 heteroatoms. The second kappa shape index (κ2) is 11.8. The number of rotatable bonds is 10. The fourth-order valence-electron chi connectivity index (χ4n) is 5.49. The highest BCUT2D eigenvalue weighted by molar-refractivity contribution is 5.83. The molecule has 0 N–H and O–H groups in total. The Morgan fingerprint density at radius 2 is 2.00 bits per heavy atom. The molecule has 6 rings (SSSR count). The quantitative estimate of drug-likeness (QED) is 0.231. The summed E-state index contributed by atoms with van der Waals surface area (Å²) in [6, 6.07) is 14.7. The van der Waals surface area contributed by atoms with E-state index in [0.717, 1.165) is 28.2 Å². The highest BCUT2D eigenvalue weighted by Crippen LogP contribution is 2.37. The predicted molar refractivity (Wildman–Crippen MR) is 152 cm³/mol. The van der Waals surface area contributed by atoms with Gasteiger partial charge in [-0.2, -0.15) is 14.6 Å². The van der Waals surface area contributed by atoms with Gasteiger partial charge in [0.15, 0.2) is 5.65 Å². The minimum Gasteiger partial charge on any atom is -0.383 e. The number of benzene rings is 1. The van der Waals surface area contributed by atoms with E-state index < -0.39 is 12.1 Å². The molecule has 2 atom stereocenters. The Morgan fingerprint density at radius 1 is 1.17 bits per heavy atom. The van der Waals surface area contributed by atoms with Gasteiger partial charge in [0.25, 0.3) is 0 Å². The first-order valence-electron chi connectivity index (χ1n) is 13.7. The molecule has 0 saturated carbocycles. The number of aryl methyl sites for hydroxylation is 1. The van der Waals surface area contributed by atoms with Gasteiger partial charge < -0.3 is 4.74 Å². The van der Waals surface area contributed by atoms with Gasteiger partial charge in [0, 0.05) is 64.0 Å². The number of pyridine rings is 2. The van der Waals surface area contributed by atoms with Gasteiger partial charge >= 0.3 is 0 Å². The Morgan fingerprint density at radius 3 is 2.79 bits per heavy atom. The molecule has 1 fully saturated rings. The number of carbonyl (C=O) groups excluding carboxylic acids is 1. The SMILES string of the molecule is COCCN1C[C@@H](CC(=O)Cc2c(C)c(-c3cnc4c(c3)nnn4C)nn2-c2ccccc2)[C@H](c2ccnc(F)c2)O1. The first-order chi connectivity index (χ1) is 20.4. The van der Waals surface area contributed by atoms with E-state index in [9.17, 15) is 9.18 Å². The highest BCUT2D eigenvalue weighted by Gasteiger charge is 2.37. The number of Topliss-reactive ketones (excluding diaryl/α,β-unsaturated/α-hetero) is 1. The number of ketones is 1. The molecule has 216 valence electrons. The molecule has 0 radical (unpaired) electrons. The summed E-state index contributed by atoms with van der Waals surface area (Å²) < 4.78 is 22.6. The summed E-state index contributed by atoms with van der Waals surface area (Å²) in [5, 5.41) is 15.0. The van der Waals surface area contributed by atoms with Gasteiger partial charge in [-0.05, 0) is 48.4 Å². The normalized spacial score (nSPS) is 17.3. The van der Waals surface area contributed by atoms with E-state index >= 15 is 0 Å². The minimum absolute atomic E-state index is 0.0333. The standard InChI is InChI=1S/C30H31FN8O3/c1-19-26(16-24(40)13-22-18-38(11-12-41-3)42-29(22)20-9-10-32-27(31)15-20)39(23-7-5-4-6-8-23)35-28(19)21-14-25-30(33-17-21)37(2)36-34-25/h4-10,14-15,17,22,29H,11-13,16,18H2,1-3H3/t22-,29+/m1/s1. The number of aromatic nitrogens is 7. The van der Waals surface area contributed by atoms with Crippen molar-refractivity contribution < 1.29 is 18.8 Å². The Balaban J connectivity index is 1.30. The third-order valence-corrected chi connectivity index (χ3v) is 7.57. The van der Waals surface area contributed by atoms with E-state index in [4.69, 9.17) is 14.7 Å². The predicted octanol–water partition coefficient (Wildman–Crippen LogP) is 3.81. The van der Waals surface area contributed by atoms with Crippen LogP contribution < -0.4 is 0 Å². The number of hydrogen-bond donors (Lipinski definition) is 0. The average molecular weight is 571 g/mol. The molecule has 0 unspecified atom stereocenters. The lowest BCUT2D eigenvalue weighted by molar-refractivity contribution is -0.155. The van der Waals surface area contributed by atoms with E-state index in [2.05, 4.69) is 20.3 Å². The zero-order valence-corrected chi connectivity index (χ0v) is 23.6. The number of hydrogen-bond acceptors (Lipinski definition) is 9. The molecule has 0 bridgehead atoms. The number of hydroxylamine groups is 2. The van der Waals surface area contributed by atoms with Gasteiger partial charge in [-0.15, -0.1) is 5.10 Å². The van der Waals surface area contributed by atoms with Gasteiger partial charge in [0.1, 0.15) is 17.4 Å². The Kier molecular flexibility index (Phi) is 7.83. The lowest BCUT2D eigenvalue weighted by atomic mass is 9.91. The zero-order chi connectivity index (χ0) is 29.2. The summed E-state index contributed by atoms with van der Waals surface area (Å²) in [7, 11) is 3.42. The van der Waals surface area contributed by atoms with Crippen LogP contribution in [0.2, 0.25) is 0 Å². The average Bonchev–Trinajstić information content (AvgIpc) is 3.67. The Hall–Kier alpha value is -4.39. The fraction of sp³-hybridized carbons (Fsp3) is 0.333. The second-order valence-corrected chi connectivity index (χ2v) is 10.4. The molecule has 5 heterocycles. The molecule has 1 aliphatic rings. The van der Waals surface area contributed by atoms with E-state index in [1.54, 1.807) is 36.2 Å². The molecule has 1 aromatic carbocycles. The summed E-state index contributed by atoms with van der Waals surface area (Å²) in [6.07, 6.45) is 3.12. The van der Waals surface area contributed by atoms with Gasteiger partial charge in [-0.25, -0.2) is 19.3 Å². The number of methoxy groups -OCH3 is 1. The van der Waals surface area contributed by atoms with Crippen molar-refractivity contribution in [3.63, 3.8) is 0 Å². The summed E-state index contributed by atoms with van der Waals surface area (Å²) in [5.74, 6) is -0.723. The Labute approximate surface area is 241 Å². The molecule has 0 amide bonds. The van der Waals surface area contributed by atoms with Crippen molar-refractivity contribution in [1.82, 2.24) is 39.8 Å². The van der Waals surface area contributed by atoms with Crippen LogP contribution >= 0.6 is 0 Å². The molecule has 1 saturated heterocycles. The van der Waals surface area contributed by atoms with Crippen LogP contribution in [0.3, 0.4) is 0 Å². The van der Waals surface area contributed by atoms with E-state index in [1.165, 1.54) is 12.3 Å². The van der Waals surface area contributed by atoms with Crippen molar-refractivity contribution in [3.8, 4) is 16.9 Å². The summed E-state index contributed by atoms with van der Waals surface area (Å²) in [4.78, 5) is 28.1. The number of para-hydroxylation sites is 1. The van der Waals surface area contributed by atoms with E-state index in [-0.39, 0.29) is 24.5 Å². The molecule has 11 nitrogen and oxygen atoms in total. The number of fused-ring (bicyclic) bond motifs is 1. The molecule has 5 aromatic rings. The number of halogens is 1. The third-order valence-electron chi connectivity index (χ3n) is 7.57. The summed E-state index contributed by atoms with van der Waals surface area (Å²) in [6.45, 7) is 3.51. The van der Waals surface area contributed by atoms with Crippen LogP contribution in [0.15, 0.2) is 60.9 Å². The lowest BCUT2D eigenvalue weighted by Gasteiger charge is -2.17. The van der Waals surface area contributed by atoms with Crippen molar-refractivity contribution in [2.45, 2.75) is 25.9 Å². The monoisotopic (exact) mass is 570 g/mol. The number of nitrogens with zero attached hydrogens (tertiary/aromatic N) is 8. The van der Waals surface area contributed by atoms with Crippen molar-refractivity contribution in [1.29, 1.82) is 0 Å². The largest absolute Gasteiger partial charge is 0.383 e. The molecule has 42 heavy (non-hydrogen) atoms. The number of ether oxygens (including phenoxy) is 1. The Bertz CT molecular complexity index is 1720. The van der Waals surface area contributed by atoms with E-state index in [0.29, 0.717) is 36.4 Å². The van der Waals surface area contributed by atoms with Crippen LogP contribution in [0, 0.1) is 18.8 Å². The smallest absolute Gasteiger partial charge is 0.213 e. The van der Waals surface area contributed by atoms with Gasteiger partial charge in [0.2, 0.25) is 5.95 Å². The van der Waals surface area contributed by atoms with Crippen molar-refractivity contribution in [2.24, 2.45) is 13.0 Å². The van der Waals surface area contributed by atoms with Crippen molar-refractivity contribution in [2.75, 3.05) is 26.8 Å². The molecular weight excluding hydrogens is 539 g/mol. The van der Waals surface area contributed by atoms with Crippen molar-refractivity contribution in [3.05, 3.63) is 83.7 Å². The van der Waals surface area contributed by atoms with Crippen LogP contribution in [-0.2, 0) is 27.8 Å². The van der Waals surface area contributed by atoms with Crippen LogP contribution in [0.1, 0.15) is 29.3 Å².